The van der Waals surface area contributed by atoms with Crippen molar-refractivity contribution in [2.45, 2.75) is 24.5 Å². The molecule has 0 aliphatic heterocycles. The molecule has 2 amide bonds. The van der Waals surface area contributed by atoms with Crippen LogP contribution in [0.15, 0.2) is 35.6 Å². The first-order valence-corrected chi connectivity index (χ1v) is 12.4. The molecule has 13 nitrogen and oxygen atoms in total. The molecule has 40 heavy (non-hydrogen) atoms. The minimum Gasteiger partial charge on any atom is -0.508 e. The summed E-state index contributed by atoms with van der Waals surface area (Å²) in [7, 11) is 6.49. The normalized spacial score (nSPS) is 25.7. The van der Waals surface area contributed by atoms with E-state index in [1.807, 2.05) is 0 Å². The number of rotatable bonds is 6. The van der Waals surface area contributed by atoms with Gasteiger partial charge in [0.2, 0.25) is 5.78 Å². The summed E-state index contributed by atoms with van der Waals surface area (Å²) in [6.07, 6.45) is 0.528. The summed E-state index contributed by atoms with van der Waals surface area (Å²) in [6, 6.07) is 0.315. The number of aliphatic hydroxyl groups is 3. The van der Waals surface area contributed by atoms with Crippen LogP contribution in [0, 0.1) is 11.8 Å². The van der Waals surface area contributed by atoms with Gasteiger partial charge in [-0.1, -0.05) is 12.7 Å². The Morgan fingerprint density at radius 3 is 2.42 bits per heavy atom. The average Bonchev–Trinajstić information content (AvgIpc) is 2.85. The Morgan fingerprint density at radius 1 is 1.23 bits per heavy atom. The van der Waals surface area contributed by atoms with Crippen molar-refractivity contribution in [2.24, 2.45) is 17.6 Å². The van der Waals surface area contributed by atoms with Gasteiger partial charge < -0.3 is 35.8 Å². The van der Waals surface area contributed by atoms with Gasteiger partial charge in [-0.05, 0) is 44.5 Å². The molecule has 4 atom stereocenters. The largest absolute Gasteiger partial charge is 0.508 e. The van der Waals surface area contributed by atoms with Gasteiger partial charge in [0.1, 0.15) is 23.7 Å². The van der Waals surface area contributed by atoms with E-state index in [9.17, 15) is 39.6 Å². The van der Waals surface area contributed by atoms with Crippen molar-refractivity contribution in [3.8, 4) is 5.75 Å². The predicted molar refractivity (Wildman–Crippen MR) is 144 cm³/mol. The third-order valence-electron chi connectivity index (χ3n) is 7.75. The van der Waals surface area contributed by atoms with E-state index in [1.54, 1.807) is 19.0 Å². The minimum atomic E-state index is -2.74. The second-order valence-electron chi connectivity index (χ2n) is 10.5. The van der Waals surface area contributed by atoms with E-state index in [0.717, 1.165) is 0 Å². The summed E-state index contributed by atoms with van der Waals surface area (Å²) in [4.78, 5) is 54.6. The second kappa shape index (κ2) is 9.99. The number of phenolic OH excluding ortho intramolecular Hbond substituents is 1. The molecule has 3 aliphatic rings. The zero-order valence-electron chi connectivity index (χ0n) is 22.5. The third-order valence-corrected chi connectivity index (χ3v) is 7.75. The molecule has 0 bridgehead atoms. The summed E-state index contributed by atoms with van der Waals surface area (Å²) >= 11 is 0. The van der Waals surface area contributed by atoms with Crippen LogP contribution in [-0.4, -0.2) is 95.3 Å². The van der Waals surface area contributed by atoms with E-state index >= 15 is 0 Å². The fourth-order valence-corrected chi connectivity index (χ4v) is 6.07. The number of nitrogens with zero attached hydrogens (tertiary/aromatic N) is 2. The van der Waals surface area contributed by atoms with Crippen molar-refractivity contribution in [2.75, 3.05) is 45.0 Å². The number of aromatic hydroxyl groups is 1. The zero-order chi connectivity index (χ0) is 29.8. The molecule has 1 saturated carbocycles. The number of nitrogens with two attached hydrogens (primary N) is 1. The molecular formula is C27H32N4O9. The van der Waals surface area contributed by atoms with Gasteiger partial charge in [0, 0.05) is 31.3 Å². The van der Waals surface area contributed by atoms with Crippen LogP contribution >= 0.6 is 0 Å². The number of Topliss-reactive ketones (excluding diaryl/α,β-unsaturated/α-hetero) is 2. The molecule has 3 aliphatic carbocycles. The average molecular weight is 557 g/mol. The van der Waals surface area contributed by atoms with Crippen LogP contribution in [0.5, 0.6) is 5.75 Å². The van der Waals surface area contributed by atoms with E-state index in [1.165, 1.54) is 31.1 Å². The monoisotopic (exact) mass is 556 g/mol. The number of benzene rings is 1. The summed E-state index contributed by atoms with van der Waals surface area (Å²) in [5.74, 6) is -7.54. The van der Waals surface area contributed by atoms with Gasteiger partial charge in [0.05, 0.1) is 17.3 Å². The number of anilines is 2. The van der Waals surface area contributed by atoms with Crippen molar-refractivity contribution >= 4 is 40.7 Å². The summed E-state index contributed by atoms with van der Waals surface area (Å²) < 4.78 is 4.92. The van der Waals surface area contributed by atoms with E-state index < -0.39 is 69.9 Å². The van der Waals surface area contributed by atoms with Crippen molar-refractivity contribution in [3.63, 3.8) is 0 Å². The maximum absolute atomic E-state index is 14.0. The van der Waals surface area contributed by atoms with Crippen molar-refractivity contribution < 1.29 is 44.3 Å². The number of ketones is 2. The van der Waals surface area contributed by atoms with Gasteiger partial charge in [-0.25, -0.2) is 4.79 Å². The number of primary amides is 1. The van der Waals surface area contributed by atoms with Crippen LogP contribution < -0.4 is 16.0 Å². The van der Waals surface area contributed by atoms with Gasteiger partial charge in [0.25, 0.3) is 5.91 Å². The summed E-state index contributed by atoms with van der Waals surface area (Å²) in [5, 5.41) is 47.6. The summed E-state index contributed by atoms with van der Waals surface area (Å²) in [6.45, 7) is 3.37. The number of ether oxygens (including phenoxy) is 1. The van der Waals surface area contributed by atoms with E-state index in [-0.39, 0.29) is 36.3 Å². The Labute approximate surface area is 229 Å². The van der Waals surface area contributed by atoms with Crippen LogP contribution in [0.1, 0.15) is 17.5 Å². The second-order valence-corrected chi connectivity index (χ2v) is 10.5. The molecule has 0 saturated heterocycles. The molecular weight excluding hydrogens is 524 g/mol. The lowest BCUT2D eigenvalue weighted by Crippen LogP contribution is -2.65. The molecule has 214 valence electrons. The van der Waals surface area contributed by atoms with Crippen LogP contribution in [0.2, 0.25) is 0 Å². The number of aliphatic hydroxyl groups excluding tert-OH is 2. The number of likely N-dealkylation sites (N-methyl/N-ethyl adjacent to an activating group) is 1. The fraction of sp³-hybridized carbons (Fsp3) is 0.407. The first-order valence-electron chi connectivity index (χ1n) is 12.4. The van der Waals surface area contributed by atoms with Gasteiger partial charge in [0.15, 0.2) is 17.1 Å². The Hall–Kier alpha value is -4.36. The lowest BCUT2D eigenvalue weighted by molar-refractivity contribution is -0.153. The molecule has 4 rings (SSSR count). The minimum absolute atomic E-state index is 0.0345. The van der Waals surface area contributed by atoms with Crippen LogP contribution in [0.4, 0.5) is 16.2 Å². The first-order chi connectivity index (χ1) is 18.7. The topological polar surface area (TPSA) is 203 Å². The third kappa shape index (κ3) is 4.09. The number of amides is 2. The molecule has 7 N–H and O–H groups in total. The van der Waals surface area contributed by atoms with Crippen LogP contribution in [0.25, 0.3) is 5.76 Å². The maximum atomic E-state index is 14.0. The van der Waals surface area contributed by atoms with Crippen molar-refractivity contribution in [1.29, 1.82) is 0 Å². The summed E-state index contributed by atoms with van der Waals surface area (Å²) in [5.41, 5.74) is 2.12. The number of fused-ring (bicyclic) bond motifs is 3. The van der Waals surface area contributed by atoms with Gasteiger partial charge in [-0.15, -0.1) is 0 Å². The molecule has 1 fully saturated rings. The number of carbonyl (C=O) groups is 4. The molecule has 13 heteroatoms. The van der Waals surface area contributed by atoms with Gasteiger partial charge in [-0.2, -0.15) is 0 Å². The highest BCUT2D eigenvalue weighted by molar-refractivity contribution is 6.24. The lowest BCUT2D eigenvalue weighted by atomic mass is 9.57. The Morgan fingerprint density at radius 2 is 1.88 bits per heavy atom. The van der Waals surface area contributed by atoms with Crippen molar-refractivity contribution in [3.05, 3.63) is 46.8 Å². The predicted octanol–water partition coefficient (Wildman–Crippen LogP) is 0.765. The quantitative estimate of drug-likeness (QED) is 0.164. The lowest BCUT2D eigenvalue weighted by Gasteiger charge is -2.50. The zero-order valence-corrected chi connectivity index (χ0v) is 22.5. The number of carbonyl (C=O) groups excluding carboxylic acids is 4. The number of phenols is 1. The Balaban J connectivity index is 1.94. The molecule has 0 heterocycles. The van der Waals surface area contributed by atoms with Crippen LogP contribution in [-0.2, 0) is 25.5 Å². The highest BCUT2D eigenvalue weighted by Crippen LogP contribution is 2.54. The molecule has 1 aromatic rings. The van der Waals surface area contributed by atoms with Gasteiger partial charge >= 0.3 is 6.09 Å². The number of hydrogen-bond acceptors (Lipinski definition) is 11. The van der Waals surface area contributed by atoms with Gasteiger partial charge in [-0.3, -0.25) is 24.6 Å². The van der Waals surface area contributed by atoms with Crippen molar-refractivity contribution in [1.82, 2.24) is 4.90 Å². The SMILES string of the molecule is C=CCOC(=O)Nc1cc(N(C)C)c2c(c1O)C(O)=C1C(=O)[C@@]3(O)C(O)=C(C(N)=O)C(=O)[C@H](N(C)C)[C@H]3C[C@H]1C2. The molecule has 0 unspecified atom stereocenters. The highest BCUT2D eigenvalue weighted by Gasteiger charge is 2.64. The number of hydrogen-bond donors (Lipinski definition) is 6. The molecule has 0 aromatic heterocycles. The molecule has 1 aromatic carbocycles. The maximum Gasteiger partial charge on any atom is 0.412 e. The van der Waals surface area contributed by atoms with Crippen LogP contribution in [0.3, 0.4) is 0 Å². The Bertz CT molecular complexity index is 1410. The Kier molecular flexibility index (Phi) is 7.15. The molecule has 0 spiro atoms. The molecule has 0 radical (unpaired) electrons. The highest BCUT2D eigenvalue weighted by atomic mass is 16.5. The van der Waals surface area contributed by atoms with E-state index in [2.05, 4.69) is 11.9 Å². The fourth-order valence-electron chi connectivity index (χ4n) is 6.07. The standard InChI is InChI=1S/C27H32N4O9/c1-6-7-40-26(38)29-14-10-15(30(2)3)12-8-11-9-13-19(31(4)5)22(34)18(25(28)37)24(36)27(13,39)23(35)16(11)21(33)17(12)20(14)32/h6,10-11,13,19,32-33,36,39H,1,7-9H2,2-5H3,(H2,28,37)(H,29,38)/t11-,13-,19-,27-/m1/s1. The van der Waals surface area contributed by atoms with E-state index in [4.69, 9.17) is 10.5 Å². The first kappa shape index (κ1) is 28.6. The number of nitrogens with one attached hydrogen (secondary N) is 1. The smallest absolute Gasteiger partial charge is 0.412 e. The van der Waals surface area contributed by atoms with E-state index in [0.29, 0.717) is 11.3 Å².